The standard InChI is InChI=1S/C10H18N2O/c11-10-12-9(7-13-10)6-8-4-2-1-3-5-8/h8-9H,1-7H2,(H2,11,12). The molecule has 3 nitrogen and oxygen atoms in total. The maximum Gasteiger partial charge on any atom is 0.282 e. The average Bonchev–Trinajstić information content (AvgIpc) is 2.53. The monoisotopic (exact) mass is 182 g/mol. The molecule has 1 aliphatic carbocycles. The van der Waals surface area contributed by atoms with E-state index >= 15 is 0 Å². The first-order chi connectivity index (χ1) is 6.34. The highest BCUT2D eigenvalue weighted by atomic mass is 16.5. The highest BCUT2D eigenvalue weighted by molar-refractivity contribution is 5.72. The molecule has 13 heavy (non-hydrogen) atoms. The van der Waals surface area contributed by atoms with E-state index in [0.29, 0.717) is 18.7 Å². The van der Waals surface area contributed by atoms with Gasteiger partial charge in [-0.15, -0.1) is 0 Å². The van der Waals surface area contributed by atoms with Gasteiger partial charge in [-0.05, 0) is 12.3 Å². The fourth-order valence-corrected chi connectivity index (χ4v) is 2.36. The molecule has 1 atom stereocenters. The summed E-state index contributed by atoms with van der Waals surface area (Å²) in [6, 6.07) is 0.740. The van der Waals surface area contributed by atoms with Crippen LogP contribution in [0.25, 0.3) is 0 Å². The molecule has 1 heterocycles. The molecule has 0 saturated heterocycles. The van der Waals surface area contributed by atoms with Gasteiger partial charge in [-0.3, -0.25) is 0 Å². The van der Waals surface area contributed by atoms with Crippen molar-refractivity contribution in [3.05, 3.63) is 0 Å². The lowest BCUT2D eigenvalue weighted by Crippen LogP contribution is -2.15. The van der Waals surface area contributed by atoms with Crippen molar-refractivity contribution in [1.29, 1.82) is 0 Å². The lowest BCUT2D eigenvalue weighted by atomic mass is 9.85. The van der Waals surface area contributed by atoms with E-state index in [2.05, 4.69) is 4.99 Å². The first kappa shape index (κ1) is 8.85. The lowest BCUT2D eigenvalue weighted by molar-refractivity contribution is 0.266. The third-order valence-corrected chi connectivity index (χ3v) is 3.06. The number of nitrogens with two attached hydrogens (primary N) is 1. The third kappa shape index (κ3) is 2.36. The Morgan fingerprint density at radius 2 is 2.08 bits per heavy atom. The fourth-order valence-electron chi connectivity index (χ4n) is 2.36. The molecule has 74 valence electrons. The van der Waals surface area contributed by atoms with Crippen LogP contribution in [0.15, 0.2) is 4.99 Å². The van der Waals surface area contributed by atoms with Crippen molar-refractivity contribution in [2.24, 2.45) is 16.6 Å². The predicted molar refractivity (Wildman–Crippen MR) is 52.6 cm³/mol. The first-order valence-corrected chi connectivity index (χ1v) is 5.30. The van der Waals surface area contributed by atoms with E-state index < -0.39 is 0 Å². The van der Waals surface area contributed by atoms with Gasteiger partial charge in [0, 0.05) is 0 Å². The van der Waals surface area contributed by atoms with Crippen molar-refractivity contribution >= 4 is 6.02 Å². The summed E-state index contributed by atoms with van der Waals surface area (Å²) in [7, 11) is 0. The second-order valence-electron chi connectivity index (χ2n) is 4.17. The smallest absolute Gasteiger partial charge is 0.282 e. The molecule has 0 aromatic heterocycles. The minimum absolute atomic E-state index is 0.350. The van der Waals surface area contributed by atoms with Crippen molar-refractivity contribution in [2.75, 3.05) is 6.61 Å². The van der Waals surface area contributed by atoms with Gasteiger partial charge < -0.3 is 10.5 Å². The molecule has 0 aromatic carbocycles. The van der Waals surface area contributed by atoms with Crippen molar-refractivity contribution < 1.29 is 4.74 Å². The molecule has 2 aliphatic rings. The minimum atomic E-state index is 0.350. The number of rotatable bonds is 2. The Bertz CT molecular complexity index is 197. The van der Waals surface area contributed by atoms with Crippen LogP contribution in [0.4, 0.5) is 0 Å². The molecule has 2 N–H and O–H groups in total. The zero-order chi connectivity index (χ0) is 9.10. The van der Waals surface area contributed by atoms with Crippen LogP contribution in [-0.4, -0.2) is 18.7 Å². The average molecular weight is 182 g/mol. The van der Waals surface area contributed by atoms with Gasteiger partial charge in [0.25, 0.3) is 6.02 Å². The van der Waals surface area contributed by atoms with Gasteiger partial charge in [-0.1, -0.05) is 32.1 Å². The van der Waals surface area contributed by atoms with Crippen LogP contribution < -0.4 is 5.73 Å². The Hall–Kier alpha value is -0.730. The second-order valence-corrected chi connectivity index (χ2v) is 4.17. The topological polar surface area (TPSA) is 47.6 Å². The molecule has 0 bridgehead atoms. The maximum absolute atomic E-state index is 5.46. The predicted octanol–water partition coefficient (Wildman–Crippen LogP) is 1.67. The van der Waals surface area contributed by atoms with Crippen LogP contribution in [0, 0.1) is 5.92 Å². The molecule has 3 heteroatoms. The molecule has 0 spiro atoms. The number of hydrogen-bond acceptors (Lipinski definition) is 3. The molecule has 1 unspecified atom stereocenters. The van der Waals surface area contributed by atoms with E-state index in [9.17, 15) is 0 Å². The molecule has 0 aromatic rings. The SMILES string of the molecule is NC1=NC(CC2CCCCC2)CO1. The van der Waals surface area contributed by atoms with Crippen LogP contribution in [0.5, 0.6) is 0 Å². The maximum atomic E-state index is 5.46. The van der Waals surface area contributed by atoms with Gasteiger partial charge in [0.2, 0.25) is 0 Å². The number of nitrogens with zero attached hydrogens (tertiary/aromatic N) is 1. The van der Waals surface area contributed by atoms with Gasteiger partial charge >= 0.3 is 0 Å². The molecule has 2 rings (SSSR count). The first-order valence-electron chi connectivity index (χ1n) is 5.30. The summed E-state index contributed by atoms with van der Waals surface area (Å²) in [5, 5.41) is 0. The molecule has 1 fully saturated rings. The highest BCUT2D eigenvalue weighted by Crippen LogP contribution is 2.28. The van der Waals surface area contributed by atoms with Crippen molar-refractivity contribution in [2.45, 2.75) is 44.6 Å². The summed E-state index contributed by atoms with van der Waals surface area (Å²) in [6.45, 7) is 0.711. The van der Waals surface area contributed by atoms with E-state index in [4.69, 9.17) is 10.5 Å². The van der Waals surface area contributed by atoms with Gasteiger partial charge in [0.1, 0.15) is 6.61 Å². The Labute approximate surface area is 79.4 Å². The van der Waals surface area contributed by atoms with Crippen molar-refractivity contribution in [3.63, 3.8) is 0 Å². The summed E-state index contributed by atoms with van der Waals surface area (Å²) in [5.41, 5.74) is 5.46. The molecule has 1 saturated carbocycles. The van der Waals surface area contributed by atoms with Crippen LogP contribution in [-0.2, 0) is 4.74 Å². The number of hydrogen-bond donors (Lipinski definition) is 1. The summed E-state index contributed by atoms with van der Waals surface area (Å²) >= 11 is 0. The van der Waals surface area contributed by atoms with Gasteiger partial charge in [-0.25, -0.2) is 4.99 Å². The number of amidine groups is 1. The van der Waals surface area contributed by atoms with E-state index in [0.717, 1.165) is 5.92 Å². The second kappa shape index (κ2) is 3.99. The van der Waals surface area contributed by atoms with Crippen molar-refractivity contribution in [1.82, 2.24) is 0 Å². The Morgan fingerprint density at radius 3 is 2.69 bits per heavy atom. The normalized spacial score (nSPS) is 29.8. The van der Waals surface area contributed by atoms with E-state index in [-0.39, 0.29) is 0 Å². The highest BCUT2D eigenvalue weighted by Gasteiger charge is 2.22. The fraction of sp³-hybridized carbons (Fsp3) is 0.900. The van der Waals surface area contributed by atoms with Crippen molar-refractivity contribution in [3.8, 4) is 0 Å². The van der Waals surface area contributed by atoms with Crippen LogP contribution in [0.2, 0.25) is 0 Å². The molecular formula is C10H18N2O. The Kier molecular flexibility index (Phi) is 2.71. The summed E-state index contributed by atoms with van der Waals surface area (Å²) in [5.74, 6) is 0.872. The molecule has 0 amide bonds. The summed E-state index contributed by atoms with van der Waals surface area (Å²) < 4.78 is 5.13. The van der Waals surface area contributed by atoms with Gasteiger partial charge in [0.05, 0.1) is 6.04 Å². The van der Waals surface area contributed by atoms with Gasteiger partial charge in [0.15, 0.2) is 0 Å². The minimum Gasteiger partial charge on any atom is -0.463 e. The largest absolute Gasteiger partial charge is 0.463 e. The molecular weight excluding hydrogens is 164 g/mol. The number of ether oxygens (including phenoxy) is 1. The summed E-state index contributed by atoms with van der Waals surface area (Å²) in [6.07, 6.45) is 8.16. The Morgan fingerprint density at radius 1 is 1.31 bits per heavy atom. The zero-order valence-electron chi connectivity index (χ0n) is 8.04. The van der Waals surface area contributed by atoms with E-state index in [1.807, 2.05) is 0 Å². The van der Waals surface area contributed by atoms with Crippen LogP contribution in [0.1, 0.15) is 38.5 Å². The summed E-state index contributed by atoms with van der Waals surface area (Å²) in [4.78, 5) is 4.25. The number of aliphatic imine (C=N–C) groups is 1. The van der Waals surface area contributed by atoms with E-state index in [1.54, 1.807) is 0 Å². The third-order valence-electron chi connectivity index (χ3n) is 3.06. The quantitative estimate of drug-likeness (QED) is 0.706. The van der Waals surface area contributed by atoms with Crippen LogP contribution >= 0.6 is 0 Å². The van der Waals surface area contributed by atoms with Crippen LogP contribution in [0.3, 0.4) is 0 Å². The van der Waals surface area contributed by atoms with Gasteiger partial charge in [-0.2, -0.15) is 0 Å². The Balaban J connectivity index is 1.77. The molecule has 0 radical (unpaired) electrons. The lowest BCUT2D eigenvalue weighted by Gasteiger charge is -2.22. The van der Waals surface area contributed by atoms with E-state index in [1.165, 1.54) is 38.5 Å². The zero-order valence-corrected chi connectivity index (χ0v) is 8.04. The molecule has 1 aliphatic heterocycles.